The van der Waals surface area contributed by atoms with Crippen molar-refractivity contribution in [1.82, 2.24) is 4.57 Å². The van der Waals surface area contributed by atoms with Crippen molar-refractivity contribution in [2.24, 2.45) is 0 Å². The Morgan fingerprint density at radius 3 is 2.15 bits per heavy atom. The van der Waals surface area contributed by atoms with Crippen LogP contribution in [0.4, 0.5) is 8.78 Å². The number of aromatic nitrogens is 1. The zero-order chi connectivity index (χ0) is 19.2. The van der Waals surface area contributed by atoms with Crippen LogP contribution in [0.2, 0.25) is 0 Å². The predicted octanol–water partition coefficient (Wildman–Crippen LogP) is 3.86. The Morgan fingerprint density at radius 2 is 1.58 bits per heavy atom. The molecule has 0 saturated carbocycles. The van der Waals surface area contributed by atoms with Crippen LogP contribution in [-0.4, -0.2) is 19.2 Å². The van der Waals surface area contributed by atoms with Gasteiger partial charge in [-0.25, -0.2) is 17.2 Å². The lowest BCUT2D eigenvalue weighted by Gasteiger charge is -2.12. The maximum atomic E-state index is 14.6. The van der Waals surface area contributed by atoms with Gasteiger partial charge in [0.05, 0.1) is 11.4 Å². The molecule has 0 bridgehead atoms. The predicted molar refractivity (Wildman–Crippen MR) is 97.9 cm³/mol. The molecule has 136 valence electrons. The molecule has 3 rings (SSSR count). The van der Waals surface area contributed by atoms with E-state index >= 15 is 0 Å². The van der Waals surface area contributed by atoms with Crippen LogP contribution in [-0.2, 0) is 9.84 Å². The molecule has 0 unspecified atom stereocenters. The van der Waals surface area contributed by atoms with Crippen molar-refractivity contribution in [2.45, 2.75) is 18.7 Å². The number of hydrogen-bond donors (Lipinski definition) is 0. The summed E-state index contributed by atoms with van der Waals surface area (Å²) in [7, 11) is -3.90. The van der Waals surface area contributed by atoms with Crippen LogP contribution >= 0.6 is 11.3 Å². The largest absolute Gasteiger partial charge is 0.312 e. The first-order valence-electron chi connectivity index (χ1n) is 7.56. The molecule has 1 aromatic heterocycles. The minimum absolute atomic E-state index is 0.168. The van der Waals surface area contributed by atoms with Crippen LogP contribution in [0.25, 0.3) is 16.9 Å². The summed E-state index contributed by atoms with van der Waals surface area (Å²) in [6.45, 7) is 3.74. The number of hydrogen-bond acceptors (Lipinski definition) is 4. The van der Waals surface area contributed by atoms with Gasteiger partial charge in [-0.3, -0.25) is 9.36 Å². The number of aryl methyl sites for hydroxylation is 2. The lowest BCUT2D eigenvalue weighted by atomic mass is 10.1. The molecule has 3 aromatic rings. The summed E-state index contributed by atoms with van der Waals surface area (Å²) in [6, 6.07) is 6.93. The van der Waals surface area contributed by atoms with Crippen LogP contribution in [0, 0.1) is 25.5 Å². The second kappa shape index (κ2) is 6.44. The highest BCUT2D eigenvalue weighted by Crippen LogP contribution is 2.30. The van der Waals surface area contributed by atoms with Gasteiger partial charge >= 0.3 is 4.87 Å². The Balaban J connectivity index is 2.28. The Morgan fingerprint density at radius 1 is 0.962 bits per heavy atom. The van der Waals surface area contributed by atoms with Crippen LogP contribution in [0.1, 0.15) is 11.1 Å². The number of benzene rings is 2. The van der Waals surface area contributed by atoms with E-state index in [1.165, 1.54) is 9.95 Å². The van der Waals surface area contributed by atoms with Gasteiger partial charge < -0.3 is 0 Å². The Kier molecular flexibility index (Phi) is 4.58. The molecule has 26 heavy (non-hydrogen) atoms. The summed E-state index contributed by atoms with van der Waals surface area (Å²) >= 11 is 0.857. The fourth-order valence-corrected chi connectivity index (χ4v) is 4.31. The Labute approximate surface area is 153 Å². The maximum absolute atomic E-state index is 14.6. The van der Waals surface area contributed by atoms with Crippen molar-refractivity contribution in [3.63, 3.8) is 0 Å². The highest BCUT2D eigenvalue weighted by molar-refractivity contribution is 7.90. The van der Waals surface area contributed by atoms with Crippen molar-refractivity contribution >= 4 is 21.2 Å². The van der Waals surface area contributed by atoms with E-state index in [1.807, 2.05) is 19.9 Å². The van der Waals surface area contributed by atoms with Crippen molar-refractivity contribution in [2.75, 3.05) is 6.26 Å². The van der Waals surface area contributed by atoms with Gasteiger partial charge in [-0.1, -0.05) is 17.4 Å². The third-order valence-electron chi connectivity index (χ3n) is 3.86. The molecular formula is C18H15F2NO3S2. The fraction of sp³-hybridized carbons (Fsp3) is 0.167. The van der Waals surface area contributed by atoms with Crippen molar-refractivity contribution in [1.29, 1.82) is 0 Å². The molecule has 0 spiro atoms. The smallest absolute Gasteiger partial charge is 0.267 e. The molecule has 0 aliphatic carbocycles. The topological polar surface area (TPSA) is 56.1 Å². The summed E-state index contributed by atoms with van der Waals surface area (Å²) in [5, 5.41) is 1.43. The van der Waals surface area contributed by atoms with Gasteiger partial charge in [0, 0.05) is 17.2 Å². The normalized spacial score (nSPS) is 11.7. The van der Waals surface area contributed by atoms with E-state index < -0.39 is 26.4 Å². The van der Waals surface area contributed by atoms with Gasteiger partial charge in [0.15, 0.2) is 9.84 Å². The summed E-state index contributed by atoms with van der Waals surface area (Å²) < 4.78 is 53.2. The van der Waals surface area contributed by atoms with Gasteiger partial charge in [0.25, 0.3) is 0 Å². The van der Waals surface area contributed by atoms with E-state index in [4.69, 9.17) is 0 Å². The quantitative estimate of drug-likeness (QED) is 0.677. The second-order valence-electron chi connectivity index (χ2n) is 6.10. The second-order valence-corrected chi connectivity index (χ2v) is 8.91. The summed E-state index contributed by atoms with van der Waals surface area (Å²) in [4.78, 5) is 11.3. The molecule has 8 heteroatoms. The van der Waals surface area contributed by atoms with Crippen LogP contribution in [0.3, 0.4) is 0 Å². The van der Waals surface area contributed by atoms with E-state index in [0.717, 1.165) is 34.8 Å². The number of rotatable bonds is 3. The summed E-state index contributed by atoms with van der Waals surface area (Å²) in [5.41, 5.74) is 2.37. The van der Waals surface area contributed by atoms with Crippen molar-refractivity contribution < 1.29 is 17.2 Å². The third kappa shape index (κ3) is 3.34. The average molecular weight is 395 g/mol. The van der Waals surface area contributed by atoms with E-state index in [0.29, 0.717) is 11.8 Å². The molecule has 2 aromatic carbocycles. The number of sulfone groups is 1. The summed E-state index contributed by atoms with van der Waals surface area (Å²) in [5.74, 6) is -1.97. The number of halogens is 2. The number of nitrogens with zero attached hydrogens (tertiary/aromatic N) is 1. The molecule has 0 fully saturated rings. The maximum Gasteiger partial charge on any atom is 0.312 e. The van der Waals surface area contributed by atoms with Crippen molar-refractivity contribution in [3.05, 3.63) is 68.1 Å². The highest BCUT2D eigenvalue weighted by Gasteiger charge is 2.21. The standard InChI is InChI=1S/C18H15F2NO3S2/c1-10-4-11(2)6-12(5-10)21-16(9-25-18(21)22)13-7-15(20)17(8-14(13)19)26(3,23)24/h4-9H,1-3H3. The van der Waals surface area contributed by atoms with Crippen molar-refractivity contribution in [3.8, 4) is 16.9 Å². The van der Waals surface area contributed by atoms with Crippen LogP contribution in [0.5, 0.6) is 0 Å². The van der Waals surface area contributed by atoms with Gasteiger partial charge in [-0.2, -0.15) is 0 Å². The van der Waals surface area contributed by atoms with E-state index in [1.54, 1.807) is 12.1 Å². The molecular weight excluding hydrogens is 380 g/mol. The molecule has 0 saturated heterocycles. The minimum atomic E-state index is -3.90. The van der Waals surface area contributed by atoms with E-state index in [9.17, 15) is 22.0 Å². The molecule has 0 aliphatic heterocycles. The first-order valence-corrected chi connectivity index (χ1v) is 10.3. The van der Waals surface area contributed by atoms with Crippen LogP contribution < -0.4 is 4.87 Å². The molecule has 4 nitrogen and oxygen atoms in total. The first-order chi connectivity index (χ1) is 12.1. The SMILES string of the molecule is Cc1cc(C)cc(-n2c(-c3cc(F)c(S(C)(=O)=O)cc3F)csc2=O)c1. The Hall–Kier alpha value is -2.32. The minimum Gasteiger partial charge on any atom is -0.267 e. The molecule has 1 heterocycles. The van der Waals surface area contributed by atoms with Gasteiger partial charge in [0.2, 0.25) is 0 Å². The van der Waals surface area contributed by atoms with E-state index in [2.05, 4.69) is 0 Å². The number of thiazole rings is 1. The molecule has 0 amide bonds. The molecule has 0 N–H and O–H groups in total. The highest BCUT2D eigenvalue weighted by atomic mass is 32.2. The first kappa shape index (κ1) is 18.5. The zero-order valence-electron chi connectivity index (χ0n) is 14.2. The molecule has 0 aliphatic rings. The molecule has 0 atom stereocenters. The van der Waals surface area contributed by atoms with Crippen LogP contribution in [0.15, 0.2) is 45.4 Å². The average Bonchev–Trinajstić information content (AvgIpc) is 2.88. The lowest BCUT2D eigenvalue weighted by Crippen LogP contribution is -2.13. The lowest BCUT2D eigenvalue weighted by molar-refractivity contribution is 0.557. The third-order valence-corrected chi connectivity index (χ3v) is 5.69. The Bertz CT molecular complexity index is 1160. The zero-order valence-corrected chi connectivity index (χ0v) is 15.8. The monoisotopic (exact) mass is 395 g/mol. The van der Waals surface area contributed by atoms with Gasteiger partial charge in [-0.15, -0.1) is 0 Å². The van der Waals surface area contributed by atoms with E-state index in [-0.39, 0.29) is 16.1 Å². The molecule has 0 radical (unpaired) electrons. The summed E-state index contributed by atoms with van der Waals surface area (Å²) in [6.07, 6.45) is 0.806. The fourth-order valence-electron chi connectivity index (χ4n) is 2.83. The van der Waals surface area contributed by atoms with Gasteiger partial charge in [-0.05, 0) is 49.2 Å². The van der Waals surface area contributed by atoms with Gasteiger partial charge in [0.1, 0.15) is 16.5 Å².